The molecule has 0 fully saturated rings. The van der Waals surface area contributed by atoms with E-state index >= 15 is 0 Å². The highest BCUT2D eigenvalue weighted by Gasteiger charge is 2.38. The second-order valence-electron chi connectivity index (χ2n) is 7.32. The van der Waals surface area contributed by atoms with Crippen LogP contribution in [0.4, 0.5) is 0 Å². The molecule has 0 saturated carbocycles. The Hall–Kier alpha value is -0.390. The van der Waals surface area contributed by atoms with Crippen LogP contribution in [-0.2, 0) is 0 Å². The molecule has 2 aromatic rings. The molecule has 116 valence electrons. The summed E-state index contributed by atoms with van der Waals surface area (Å²) in [5.74, 6) is 2.76. The topological polar surface area (TPSA) is 0 Å². The fourth-order valence-corrected chi connectivity index (χ4v) is 9.06. The van der Waals surface area contributed by atoms with Crippen molar-refractivity contribution in [2.75, 3.05) is 0 Å². The van der Waals surface area contributed by atoms with Gasteiger partial charge in [-0.15, -0.1) is 22.7 Å². The number of halogens is 1. The van der Waals surface area contributed by atoms with Crippen LogP contribution in [0.2, 0.25) is 0 Å². The molecule has 0 radical (unpaired) electrons. The molecule has 0 saturated heterocycles. The number of hydrogen-bond acceptors (Lipinski definition) is 2. The Morgan fingerprint density at radius 3 is 2.04 bits per heavy atom. The molecule has 3 heteroatoms. The molecule has 4 bridgehead atoms. The molecular weight excluding hydrogens is 431 g/mol. The molecule has 2 aromatic heterocycles. The molecule has 0 N–H and O–H groups in total. The Kier molecular flexibility index (Phi) is 2.91. The first-order valence-corrected chi connectivity index (χ1v) is 11.4. The summed E-state index contributed by atoms with van der Waals surface area (Å²) in [6.45, 7) is 0. The maximum absolute atomic E-state index is 2.60. The summed E-state index contributed by atoms with van der Waals surface area (Å²) in [6.07, 6.45) is 15.4. The van der Waals surface area contributed by atoms with Gasteiger partial charge < -0.3 is 0 Å². The van der Waals surface area contributed by atoms with E-state index in [0.717, 1.165) is 0 Å². The summed E-state index contributed by atoms with van der Waals surface area (Å²) in [7, 11) is 0. The van der Waals surface area contributed by atoms with E-state index in [-0.39, 0.29) is 0 Å². The number of thiophene rings is 2. The van der Waals surface area contributed by atoms with Crippen molar-refractivity contribution in [3.8, 4) is 9.75 Å². The molecule has 2 heterocycles. The van der Waals surface area contributed by atoms with E-state index in [1.54, 1.807) is 34.9 Å². The largest absolute Gasteiger partial charge is 0.142 e. The van der Waals surface area contributed by atoms with Crippen molar-refractivity contribution in [1.29, 1.82) is 0 Å². The molecule has 0 amide bonds. The summed E-state index contributed by atoms with van der Waals surface area (Å²) in [4.78, 5) is 3.24. The van der Waals surface area contributed by atoms with Crippen LogP contribution < -0.4 is 0 Å². The summed E-state index contributed by atoms with van der Waals surface area (Å²) in [5.41, 5.74) is 6.73. The van der Waals surface area contributed by atoms with Crippen LogP contribution in [0.25, 0.3) is 9.75 Å². The molecule has 6 aliphatic carbocycles. The molecule has 0 aliphatic heterocycles. The average Bonchev–Trinajstić information content (AvgIpc) is 3.21. The molecule has 4 atom stereocenters. The lowest BCUT2D eigenvalue weighted by Crippen LogP contribution is -2.17. The van der Waals surface area contributed by atoms with E-state index in [9.17, 15) is 0 Å². The lowest BCUT2D eigenvalue weighted by atomic mass is 9.70. The lowest BCUT2D eigenvalue weighted by Gasteiger charge is -2.33. The minimum absolute atomic E-state index is 0.679. The fraction of sp³-hybridized carbons (Fsp3) is 0.400. The summed E-state index contributed by atoms with van der Waals surface area (Å²) in [6, 6.07) is 0. The maximum Gasteiger partial charge on any atom is 0.0701 e. The van der Waals surface area contributed by atoms with Crippen LogP contribution in [0.3, 0.4) is 0 Å². The highest BCUT2D eigenvalue weighted by atomic mass is 127. The van der Waals surface area contributed by atoms with Gasteiger partial charge in [-0.2, -0.15) is 0 Å². The smallest absolute Gasteiger partial charge is 0.0701 e. The third kappa shape index (κ3) is 1.77. The summed E-state index contributed by atoms with van der Waals surface area (Å²) >= 11 is 6.69. The van der Waals surface area contributed by atoms with E-state index in [1.165, 1.54) is 25.7 Å². The third-order valence-corrected chi connectivity index (χ3v) is 9.67. The van der Waals surface area contributed by atoms with Crippen LogP contribution in [0, 0.1) is 2.88 Å². The Labute approximate surface area is 158 Å². The minimum Gasteiger partial charge on any atom is -0.142 e. The fourth-order valence-electron chi connectivity index (χ4n) is 5.16. The van der Waals surface area contributed by atoms with Gasteiger partial charge in [0.25, 0.3) is 0 Å². The van der Waals surface area contributed by atoms with Crippen molar-refractivity contribution in [3.63, 3.8) is 0 Å². The molecule has 0 nitrogen and oxygen atoms in total. The number of fused-ring (bicyclic) bond motifs is 2. The Bertz CT molecular complexity index is 882. The van der Waals surface area contributed by atoms with Crippen molar-refractivity contribution >= 4 is 45.3 Å². The van der Waals surface area contributed by atoms with Gasteiger partial charge in [-0.3, -0.25) is 0 Å². The second kappa shape index (κ2) is 4.83. The predicted octanol–water partition coefficient (Wildman–Crippen LogP) is 7.14. The second-order valence-corrected chi connectivity index (χ2v) is 11.0. The van der Waals surface area contributed by atoms with Gasteiger partial charge >= 0.3 is 0 Å². The summed E-state index contributed by atoms with van der Waals surface area (Å²) < 4.78 is 1.55. The SMILES string of the molecule is Ic1sc(-c2scc3c2C2C=CC3CC2)c2c1C1C=CC2CC1. The Balaban J connectivity index is 1.59. The van der Waals surface area contributed by atoms with Crippen molar-refractivity contribution in [3.05, 3.63) is 54.8 Å². The van der Waals surface area contributed by atoms with Gasteiger partial charge in [-0.05, 0) is 75.9 Å². The molecule has 0 aromatic carbocycles. The van der Waals surface area contributed by atoms with Crippen molar-refractivity contribution in [2.45, 2.75) is 49.4 Å². The van der Waals surface area contributed by atoms with Gasteiger partial charge in [0.1, 0.15) is 0 Å². The first-order valence-electron chi connectivity index (χ1n) is 8.61. The van der Waals surface area contributed by atoms with Gasteiger partial charge in [0.2, 0.25) is 0 Å². The number of hydrogen-bond donors (Lipinski definition) is 0. The zero-order valence-electron chi connectivity index (χ0n) is 12.7. The average molecular weight is 448 g/mol. The van der Waals surface area contributed by atoms with Gasteiger partial charge in [0.15, 0.2) is 0 Å². The van der Waals surface area contributed by atoms with E-state index in [2.05, 4.69) is 63.6 Å². The number of allylic oxidation sites excluding steroid dienone is 4. The van der Waals surface area contributed by atoms with Crippen LogP contribution >= 0.6 is 45.3 Å². The highest BCUT2D eigenvalue weighted by Crippen LogP contribution is 2.58. The van der Waals surface area contributed by atoms with Gasteiger partial charge in [-0.25, -0.2) is 0 Å². The van der Waals surface area contributed by atoms with Gasteiger partial charge in [0, 0.05) is 33.4 Å². The summed E-state index contributed by atoms with van der Waals surface area (Å²) in [5, 5.41) is 2.47. The highest BCUT2D eigenvalue weighted by molar-refractivity contribution is 14.1. The van der Waals surface area contributed by atoms with Crippen LogP contribution in [0.1, 0.15) is 71.6 Å². The van der Waals surface area contributed by atoms with Crippen molar-refractivity contribution in [2.24, 2.45) is 0 Å². The third-order valence-electron chi connectivity index (χ3n) is 6.24. The standard InChI is InChI=1S/C20H17IS2/c21-20-17-13-7-5-12(6-8-13)16(17)19(23-20)18-15-11-3-1-10(2-4-11)14(15)9-22-18/h1,3,5,7,9-13H,2,4,6,8H2. The van der Waals surface area contributed by atoms with Crippen LogP contribution in [0.15, 0.2) is 29.7 Å². The van der Waals surface area contributed by atoms with Gasteiger partial charge in [-0.1, -0.05) is 24.3 Å². The van der Waals surface area contributed by atoms with Crippen LogP contribution in [-0.4, -0.2) is 0 Å². The van der Waals surface area contributed by atoms with Gasteiger partial charge in [0.05, 0.1) is 2.88 Å². The molecule has 6 aliphatic rings. The van der Waals surface area contributed by atoms with E-state index in [1.807, 2.05) is 11.3 Å². The minimum atomic E-state index is 0.679. The normalized spacial score (nSPS) is 32.4. The predicted molar refractivity (Wildman–Crippen MR) is 108 cm³/mol. The van der Waals surface area contributed by atoms with Crippen molar-refractivity contribution < 1.29 is 0 Å². The maximum atomic E-state index is 2.60. The monoisotopic (exact) mass is 448 g/mol. The van der Waals surface area contributed by atoms with Crippen LogP contribution in [0.5, 0.6) is 0 Å². The van der Waals surface area contributed by atoms with E-state index in [4.69, 9.17) is 0 Å². The van der Waals surface area contributed by atoms with E-state index in [0.29, 0.717) is 23.7 Å². The zero-order chi connectivity index (χ0) is 15.1. The zero-order valence-corrected chi connectivity index (χ0v) is 16.5. The molecule has 8 rings (SSSR count). The Morgan fingerprint density at radius 2 is 1.35 bits per heavy atom. The lowest BCUT2D eigenvalue weighted by molar-refractivity contribution is 0.553. The molecular formula is C20H17IS2. The first-order chi connectivity index (χ1) is 11.3. The molecule has 4 unspecified atom stereocenters. The molecule has 23 heavy (non-hydrogen) atoms. The Morgan fingerprint density at radius 1 is 0.739 bits per heavy atom. The molecule has 0 spiro atoms. The van der Waals surface area contributed by atoms with Crippen molar-refractivity contribution in [1.82, 2.24) is 0 Å². The quantitative estimate of drug-likeness (QED) is 0.321. The number of rotatable bonds is 1. The van der Waals surface area contributed by atoms with E-state index < -0.39 is 0 Å². The first kappa shape index (κ1) is 13.9.